The summed E-state index contributed by atoms with van der Waals surface area (Å²) in [5.74, 6) is 0.853. The van der Waals surface area contributed by atoms with E-state index < -0.39 is 0 Å². The van der Waals surface area contributed by atoms with Crippen LogP contribution in [0.4, 0.5) is 0 Å². The molecule has 2 unspecified atom stereocenters. The van der Waals surface area contributed by atoms with Gasteiger partial charge in [-0.1, -0.05) is 40.5 Å². The first-order valence-corrected chi connectivity index (χ1v) is 8.86. The van der Waals surface area contributed by atoms with Crippen LogP contribution in [0.25, 0.3) is 0 Å². The summed E-state index contributed by atoms with van der Waals surface area (Å²) in [7, 11) is 2.15. The Balaban J connectivity index is 1.87. The molecule has 1 N–H and O–H groups in total. The zero-order valence-electron chi connectivity index (χ0n) is 14.5. The van der Waals surface area contributed by atoms with Crippen LogP contribution in [0, 0.1) is 16.7 Å². The molecule has 1 saturated carbocycles. The summed E-state index contributed by atoms with van der Waals surface area (Å²) in [5.41, 5.74) is 1.14. The molecular formula is C18H36N2. The van der Waals surface area contributed by atoms with Gasteiger partial charge in [-0.25, -0.2) is 0 Å². The second kappa shape index (κ2) is 6.36. The van der Waals surface area contributed by atoms with E-state index in [1.165, 1.54) is 58.2 Å². The molecule has 0 aromatic carbocycles. The number of likely N-dealkylation sites (tertiary alicyclic amines) is 1. The highest BCUT2D eigenvalue weighted by Gasteiger charge is 2.42. The first kappa shape index (κ1) is 16.3. The van der Waals surface area contributed by atoms with Crippen molar-refractivity contribution in [3.05, 3.63) is 0 Å². The lowest BCUT2D eigenvalue weighted by molar-refractivity contribution is 0.0787. The van der Waals surface area contributed by atoms with Crippen LogP contribution in [0.2, 0.25) is 0 Å². The summed E-state index contributed by atoms with van der Waals surface area (Å²) in [6.45, 7) is 13.6. The van der Waals surface area contributed by atoms with E-state index in [2.05, 4.69) is 45.0 Å². The molecule has 0 aromatic rings. The van der Waals surface area contributed by atoms with Gasteiger partial charge in [0.15, 0.2) is 0 Å². The van der Waals surface area contributed by atoms with Gasteiger partial charge in [-0.05, 0) is 62.6 Å². The molecule has 1 heterocycles. The third-order valence-corrected chi connectivity index (χ3v) is 6.69. The number of hydrogen-bond acceptors (Lipinski definition) is 2. The fourth-order valence-electron chi connectivity index (χ4n) is 4.84. The van der Waals surface area contributed by atoms with Crippen molar-refractivity contribution < 1.29 is 0 Å². The van der Waals surface area contributed by atoms with Crippen LogP contribution in [-0.4, -0.2) is 37.6 Å². The Hall–Kier alpha value is -0.0800. The molecule has 118 valence electrons. The van der Waals surface area contributed by atoms with Crippen molar-refractivity contribution in [2.45, 2.75) is 72.3 Å². The van der Waals surface area contributed by atoms with Gasteiger partial charge in [-0.2, -0.15) is 0 Å². The maximum atomic E-state index is 3.61. The predicted molar refractivity (Wildman–Crippen MR) is 88.0 cm³/mol. The third-order valence-electron chi connectivity index (χ3n) is 6.69. The molecule has 1 saturated heterocycles. The minimum Gasteiger partial charge on any atom is -0.316 e. The molecule has 2 atom stereocenters. The van der Waals surface area contributed by atoms with E-state index in [1.54, 1.807) is 0 Å². The van der Waals surface area contributed by atoms with Crippen LogP contribution in [0.15, 0.2) is 0 Å². The summed E-state index contributed by atoms with van der Waals surface area (Å²) in [5, 5.41) is 3.61. The van der Waals surface area contributed by atoms with Gasteiger partial charge in [0.2, 0.25) is 0 Å². The molecular weight excluding hydrogens is 244 g/mol. The van der Waals surface area contributed by atoms with Crippen molar-refractivity contribution in [3.63, 3.8) is 0 Å². The van der Waals surface area contributed by atoms with Crippen LogP contribution < -0.4 is 5.32 Å². The van der Waals surface area contributed by atoms with Crippen LogP contribution in [-0.2, 0) is 0 Å². The molecule has 2 heteroatoms. The van der Waals surface area contributed by atoms with Gasteiger partial charge in [-0.3, -0.25) is 0 Å². The monoisotopic (exact) mass is 280 g/mol. The SMILES string of the molecule is CCC1(CC)CCN(CC2CCC(C)(C)C2NC)CC1. The lowest BCUT2D eigenvalue weighted by atomic mass is 9.74. The molecule has 1 aliphatic heterocycles. The molecule has 1 aliphatic carbocycles. The average molecular weight is 281 g/mol. The lowest BCUT2D eigenvalue weighted by Gasteiger charge is -2.42. The van der Waals surface area contributed by atoms with Gasteiger partial charge in [0.25, 0.3) is 0 Å². The van der Waals surface area contributed by atoms with Crippen LogP contribution >= 0.6 is 0 Å². The Labute approximate surface area is 126 Å². The van der Waals surface area contributed by atoms with Crippen molar-refractivity contribution in [3.8, 4) is 0 Å². The van der Waals surface area contributed by atoms with Gasteiger partial charge in [0.05, 0.1) is 0 Å². The second-order valence-corrected chi connectivity index (χ2v) is 8.06. The summed E-state index contributed by atoms with van der Waals surface area (Å²) < 4.78 is 0. The van der Waals surface area contributed by atoms with E-state index in [4.69, 9.17) is 0 Å². The fourth-order valence-corrected chi connectivity index (χ4v) is 4.84. The summed E-state index contributed by atoms with van der Waals surface area (Å²) in [4.78, 5) is 2.75. The zero-order valence-corrected chi connectivity index (χ0v) is 14.5. The van der Waals surface area contributed by atoms with Crippen molar-refractivity contribution in [2.24, 2.45) is 16.7 Å². The molecule has 2 aliphatic rings. The van der Waals surface area contributed by atoms with Crippen LogP contribution in [0.1, 0.15) is 66.2 Å². The number of piperidine rings is 1. The van der Waals surface area contributed by atoms with E-state index in [0.29, 0.717) is 16.9 Å². The predicted octanol–water partition coefficient (Wildman–Crippen LogP) is 3.91. The maximum Gasteiger partial charge on any atom is 0.0156 e. The third kappa shape index (κ3) is 3.22. The Kier molecular flexibility index (Phi) is 5.18. The Morgan fingerprint density at radius 3 is 2.15 bits per heavy atom. The van der Waals surface area contributed by atoms with Crippen molar-refractivity contribution in [1.82, 2.24) is 10.2 Å². The number of hydrogen-bond donors (Lipinski definition) is 1. The Bertz CT molecular complexity index is 297. The molecule has 20 heavy (non-hydrogen) atoms. The standard InChI is InChI=1S/C18H36N2/c1-6-18(7-2)10-12-20(13-11-18)14-15-8-9-17(3,4)16(15)19-5/h15-16,19H,6-14H2,1-5H3. The second-order valence-electron chi connectivity index (χ2n) is 8.06. The first-order valence-electron chi connectivity index (χ1n) is 8.86. The quantitative estimate of drug-likeness (QED) is 0.821. The number of nitrogens with zero attached hydrogens (tertiary/aromatic N) is 1. The molecule has 2 fully saturated rings. The van der Waals surface area contributed by atoms with Gasteiger partial charge in [0, 0.05) is 12.6 Å². The van der Waals surface area contributed by atoms with E-state index in [-0.39, 0.29) is 0 Å². The van der Waals surface area contributed by atoms with Crippen molar-refractivity contribution >= 4 is 0 Å². The minimum atomic E-state index is 0.478. The number of rotatable bonds is 5. The van der Waals surface area contributed by atoms with E-state index in [1.807, 2.05) is 0 Å². The smallest absolute Gasteiger partial charge is 0.0156 e. The van der Waals surface area contributed by atoms with E-state index >= 15 is 0 Å². The highest BCUT2D eigenvalue weighted by molar-refractivity contribution is 4.97. The van der Waals surface area contributed by atoms with Crippen molar-refractivity contribution in [2.75, 3.05) is 26.7 Å². The molecule has 0 radical (unpaired) electrons. The van der Waals surface area contributed by atoms with E-state index in [9.17, 15) is 0 Å². The molecule has 0 aromatic heterocycles. The molecule has 2 nitrogen and oxygen atoms in total. The van der Waals surface area contributed by atoms with Gasteiger partial charge in [0.1, 0.15) is 0 Å². The van der Waals surface area contributed by atoms with Gasteiger partial charge < -0.3 is 10.2 Å². The zero-order chi connectivity index (χ0) is 14.8. The van der Waals surface area contributed by atoms with E-state index in [0.717, 1.165) is 5.92 Å². The normalized spacial score (nSPS) is 33.5. The largest absolute Gasteiger partial charge is 0.316 e. The van der Waals surface area contributed by atoms with Crippen LogP contribution in [0.3, 0.4) is 0 Å². The van der Waals surface area contributed by atoms with Gasteiger partial charge >= 0.3 is 0 Å². The summed E-state index contributed by atoms with van der Waals surface area (Å²) in [6.07, 6.45) is 8.35. The first-order chi connectivity index (χ1) is 9.46. The summed E-state index contributed by atoms with van der Waals surface area (Å²) in [6, 6.07) is 0.700. The average Bonchev–Trinajstić information content (AvgIpc) is 2.74. The highest BCUT2D eigenvalue weighted by atomic mass is 15.1. The molecule has 0 spiro atoms. The van der Waals surface area contributed by atoms with Gasteiger partial charge in [-0.15, -0.1) is 0 Å². The minimum absolute atomic E-state index is 0.478. The van der Waals surface area contributed by atoms with Crippen LogP contribution in [0.5, 0.6) is 0 Å². The maximum absolute atomic E-state index is 3.61. The van der Waals surface area contributed by atoms with Crippen molar-refractivity contribution in [1.29, 1.82) is 0 Å². The number of nitrogens with one attached hydrogen (secondary N) is 1. The highest BCUT2D eigenvalue weighted by Crippen LogP contribution is 2.43. The lowest BCUT2D eigenvalue weighted by Crippen LogP contribution is -2.47. The fraction of sp³-hybridized carbons (Fsp3) is 1.00. The molecule has 2 rings (SSSR count). The Morgan fingerprint density at radius 2 is 1.65 bits per heavy atom. The Morgan fingerprint density at radius 1 is 1.05 bits per heavy atom. The summed E-state index contributed by atoms with van der Waals surface area (Å²) >= 11 is 0. The topological polar surface area (TPSA) is 15.3 Å². The molecule has 0 bridgehead atoms. The molecule has 0 amide bonds.